The monoisotopic (exact) mass is 525 g/mol. The first-order valence-electron chi connectivity index (χ1n) is 10.2. The number of nitrogens with zero attached hydrogens (tertiary/aromatic N) is 5. The SMILES string of the molecule is CCNC(=NCc1ccnc(-n2cccn2)c1)NCC1(C(=O)N(C)C)CCCC1.I. The molecular formula is C21H32IN7O. The van der Waals surface area contributed by atoms with Gasteiger partial charge in [0.2, 0.25) is 5.91 Å². The molecule has 1 saturated carbocycles. The molecule has 0 radical (unpaired) electrons. The average Bonchev–Trinajstić information content (AvgIpc) is 3.42. The molecule has 1 aliphatic carbocycles. The number of pyridine rings is 1. The predicted molar refractivity (Wildman–Crippen MR) is 129 cm³/mol. The minimum atomic E-state index is -0.330. The molecule has 3 rings (SSSR count). The molecule has 9 heteroatoms. The lowest BCUT2D eigenvalue weighted by Crippen LogP contribution is -2.49. The van der Waals surface area contributed by atoms with Gasteiger partial charge in [-0.15, -0.1) is 24.0 Å². The van der Waals surface area contributed by atoms with Crippen LogP contribution in [0.4, 0.5) is 0 Å². The van der Waals surface area contributed by atoms with Crippen molar-refractivity contribution in [2.75, 3.05) is 27.2 Å². The van der Waals surface area contributed by atoms with Crippen LogP contribution in [0.2, 0.25) is 0 Å². The fourth-order valence-corrected chi connectivity index (χ4v) is 3.85. The summed E-state index contributed by atoms with van der Waals surface area (Å²) in [5, 5.41) is 10.9. The summed E-state index contributed by atoms with van der Waals surface area (Å²) in [5.41, 5.74) is 0.714. The number of carbonyl (C=O) groups excluding carboxylic acids is 1. The van der Waals surface area contributed by atoms with Crippen molar-refractivity contribution >= 4 is 35.8 Å². The van der Waals surface area contributed by atoms with Gasteiger partial charge in [-0.05, 0) is 43.5 Å². The number of hydrogen-bond acceptors (Lipinski definition) is 4. The van der Waals surface area contributed by atoms with Crippen molar-refractivity contribution in [1.82, 2.24) is 30.3 Å². The first kappa shape index (κ1) is 24.1. The van der Waals surface area contributed by atoms with Crippen molar-refractivity contribution in [3.05, 3.63) is 42.4 Å². The van der Waals surface area contributed by atoms with Gasteiger partial charge in [-0.2, -0.15) is 5.10 Å². The summed E-state index contributed by atoms with van der Waals surface area (Å²) in [6, 6.07) is 5.80. The second-order valence-electron chi connectivity index (χ2n) is 7.71. The molecule has 2 aromatic heterocycles. The first-order valence-corrected chi connectivity index (χ1v) is 10.2. The standard InChI is InChI=1S/C21H31N7O.HI/c1-4-22-20(25-16-21(9-5-6-10-21)19(29)27(2)3)24-15-17-8-12-23-18(14-17)28-13-7-11-26-28;/h7-8,11-14H,4-6,9-10,15-16H2,1-3H3,(H2,22,24,25);1H. The highest BCUT2D eigenvalue weighted by molar-refractivity contribution is 14.0. The molecule has 2 N–H and O–H groups in total. The van der Waals surface area contributed by atoms with Crippen LogP contribution in [0.25, 0.3) is 5.82 Å². The van der Waals surface area contributed by atoms with E-state index in [9.17, 15) is 4.79 Å². The summed E-state index contributed by atoms with van der Waals surface area (Å²) in [4.78, 5) is 23.6. The number of aliphatic imine (C=N–C) groups is 1. The third-order valence-corrected chi connectivity index (χ3v) is 5.33. The number of guanidine groups is 1. The molecule has 0 atom stereocenters. The molecule has 2 heterocycles. The van der Waals surface area contributed by atoms with Gasteiger partial charge < -0.3 is 15.5 Å². The Balaban J connectivity index is 0.00000320. The van der Waals surface area contributed by atoms with Crippen molar-refractivity contribution in [3.8, 4) is 5.82 Å². The van der Waals surface area contributed by atoms with Crippen LogP contribution in [-0.2, 0) is 11.3 Å². The minimum Gasteiger partial charge on any atom is -0.357 e. The van der Waals surface area contributed by atoms with Crippen molar-refractivity contribution in [2.24, 2.45) is 10.4 Å². The van der Waals surface area contributed by atoms with Gasteiger partial charge in [0.05, 0.1) is 12.0 Å². The smallest absolute Gasteiger partial charge is 0.230 e. The number of rotatable bonds is 7. The molecule has 1 aliphatic rings. The zero-order valence-corrected chi connectivity index (χ0v) is 20.3. The largest absolute Gasteiger partial charge is 0.357 e. The second-order valence-corrected chi connectivity index (χ2v) is 7.71. The molecule has 30 heavy (non-hydrogen) atoms. The summed E-state index contributed by atoms with van der Waals surface area (Å²) in [5.74, 6) is 1.70. The van der Waals surface area contributed by atoms with E-state index < -0.39 is 0 Å². The maximum Gasteiger partial charge on any atom is 0.230 e. The average molecular weight is 525 g/mol. The van der Waals surface area contributed by atoms with Crippen LogP contribution < -0.4 is 10.6 Å². The van der Waals surface area contributed by atoms with Gasteiger partial charge in [0.25, 0.3) is 0 Å². The van der Waals surface area contributed by atoms with Crippen LogP contribution in [0, 0.1) is 5.41 Å². The third kappa shape index (κ3) is 5.93. The Morgan fingerprint density at radius 3 is 2.67 bits per heavy atom. The van der Waals surface area contributed by atoms with Gasteiger partial charge in [-0.3, -0.25) is 4.79 Å². The fraction of sp³-hybridized carbons (Fsp3) is 0.524. The maximum atomic E-state index is 12.8. The van der Waals surface area contributed by atoms with E-state index in [2.05, 4.69) is 20.7 Å². The fourth-order valence-electron chi connectivity index (χ4n) is 3.85. The van der Waals surface area contributed by atoms with Crippen LogP contribution in [0.3, 0.4) is 0 Å². The summed E-state index contributed by atoms with van der Waals surface area (Å²) in [6.07, 6.45) is 9.41. The highest BCUT2D eigenvalue weighted by Crippen LogP contribution is 2.38. The Labute approximate surface area is 195 Å². The van der Waals surface area contributed by atoms with E-state index in [1.54, 1.807) is 22.0 Å². The molecule has 0 spiro atoms. The number of halogens is 1. The summed E-state index contributed by atoms with van der Waals surface area (Å²) in [6.45, 7) is 3.91. The van der Waals surface area contributed by atoms with E-state index >= 15 is 0 Å². The Bertz CT molecular complexity index is 830. The zero-order chi connectivity index (χ0) is 20.7. The van der Waals surface area contributed by atoms with Crippen LogP contribution in [0.5, 0.6) is 0 Å². The van der Waals surface area contributed by atoms with Gasteiger partial charge in [0, 0.05) is 45.8 Å². The van der Waals surface area contributed by atoms with E-state index in [1.807, 2.05) is 45.4 Å². The Morgan fingerprint density at radius 1 is 1.27 bits per heavy atom. The zero-order valence-electron chi connectivity index (χ0n) is 18.0. The highest BCUT2D eigenvalue weighted by atomic mass is 127. The minimum absolute atomic E-state index is 0. The van der Waals surface area contributed by atoms with E-state index in [0.29, 0.717) is 13.1 Å². The van der Waals surface area contributed by atoms with Crippen molar-refractivity contribution < 1.29 is 4.79 Å². The molecule has 0 aromatic carbocycles. The normalized spacial score (nSPS) is 15.4. The van der Waals surface area contributed by atoms with Gasteiger partial charge in [0.1, 0.15) is 0 Å². The van der Waals surface area contributed by atoms with E-state index in [-0.39, 0.29) is 35.3 Å². The lowest BCUT2D eigenvalue weighted by Gasteiger charge is -2.31. The van der Waals surface area contributed by atoms with E-state index in [4.69, 9.17) is 4.99 Å². The Morgan fingerprint density at radius 2 is 2.03 bits per heavy atom. The van der Waals surface area contributed by atoms with Gasteiger partial charge in [-0.1, -0.05) is 12.8 Å². The molecular weight excluding hydrogens is 493 g/mol. The Hall–Kier alpha value is -2.17. The topological polar surface area (TPSA) is 87.4 Å². The van der Waals surface area contributed by atoms with Crippen LogP contribution in [0.1, 0.15) is 38.2 Å². The van der Waals surface area contributed by atoms with E-state index in [1.165, 1.54) is 0 Å². The number of hydrogen-bond donors (Lipinski definition) is 2. The number of aromatic nitrogens is 3. The van der Waals surface area contributed by atoms with Crippen LogP contribution in [-0.4, -0.2) is 58.7 Å². The van der Waals surface area contributed by atoms with Crippen molar-refractivity contribution in [3.63, 3.8) is 0 Å². The van der Waals surface area contributed by atoms with Gasteiger partial charge >= 0.3 is 0 Å². The highest BCUT2D eigenvalue weighted by Gasteiger charge is 2.42. The van der Waals surface area contributed by atoms with Gasteiger partial charge in [0.15, 0.2) is 11.8 Å². The number of amides is 1. The molecule has 0 aliphatic heterocycles. The van der Waals surface area contributed by atoms with Crippen molar-refractivity contribution in [2.45, 2.75) is 39.2 Å². The molecule has 164 valence electrons. The van der Waals surface area contributed by atoms with Crippen molar-refractivity contribution in [1.29, 1.82) is 0 Å². The number of nitrogens with one attached hydrogen (secondary N) is 2. The van der Waals surface area contributed by atoms with E-state index in [0.717, 1.165) is 49.6 Å². The Kier molecular flexibility index (Phi) is 9.07. The lowest BCUT2D eigenvalue weighted by atomic mass is 9.84. The summed E-state index contributed by atoms with van der Waals surface area (Å²) in [7, 11) is 3.67. The summed E-state index contributed by atoms with van der Waals surface area (Å²) >= 11 is 0. The maximum absolute atomic E-state index is 12.8. The molecule has 0 bridgehead atoms. The third-order valence-electron chi connectivity index (χ3n) is 5.33. The van der Waals surface area contributed by atoms with Crippen LogP contribution >= 0.6 is 24.0 Å². The molecule has 2 aromatic rings. The predicted octanol–water partition coefficient (Wildman–Crippen LogP) is 2.59. The second kappa shape index (κ2) is 11.3. The molecule has 8 nitrogen and oxygen atoms in total. The lowest BCUT2D eigenvalue weighted by molar-refractivity contribution is -0.138. The van der Waals surface area contributed by atoms with Crippen LogP contribution in [0.15, 0.2) is 41.8 Å². The molecule has 0 unspecified atom stereocenters. The van der Waals surface area contributed by atoms with Gasteiger partial charge in [-0.25, -0.2) is 14.7 Å². The first-order chi connectivity index (χ1) is 14.0. The number of carbonyl (C=O) groups is 1. The molecule has 0 saturated heterocycles. The quantitative estimate of drug-likeness (QED) is 0.330. The molecule has 1 amide bonds. The molecule has 1 fully saturated rings. The summed E-state index contributed by atoms with van der Waals surface area (Å²) < 4.78 is 1.73.